The molecule has 3 heteroatoms. The Morgan fingerprint density at radius 1 is 2.00 bits per heavy atom. The Kier molecular flexibility index (Phi) is 2.91. The Balaban J connectivity index is 4.00. The molecule has 2 nitrogen and oxygen atoms in total. The molecule has 1 atom stereocenters. The molecule has 1 unspecified atom stereocenters. The highest BCUT2D eigenvalue weighted by Crippen LogP contribution is 2.20. The monoisotopic (exact) mass is 191 g/mol. The van der Waals surface area contributed by atoms with Crippen molar-refractivity contribution >= 4 is 21.9 Å². The number of carbonyl (C=O) groups excluding carboxylic acids is 1. The minimum Gasteiger partial charge on any atom is -0.549 e. The highest BCUT2D eigenvalue weighted by atomic mass is 79.9. The van der Waals surface area contributed by atoms with Gasteiger partial charge in [-0.3, -0.25) is 0 Å². The zero-order valence-corrected chi connectivity index (χ0v) is 6.77. The molecule has 0 aliphatic rings. The lowest BCUT2D eigenvalue weighted by atomic mass is 10.1. The van der Waals surface area contributed by atoms with Gasteiger partial charge in [0.05, 0.1) is 10.3 Å². The van der Waals surface area contributed by atoms with Crippen LogP contribution in [0, 0.1) is 0 Å². The molecular formula is C6H8BrO2-. The largest absolute Gasteiger partial charge is 0.549 e. The summed E-state index contributed by atoms with van der Waals surface area (Å²) in [4.78, 5) is 10.2. The molecule has 9 heavy (non-hydrogen) atoms. The third kappa shape index (κ3) is 2.65. The first-order chi connectivity index (χ1) is 4.00. The minimum atomic E-state index is -1.11. The van der Waals surface area contributed by atoms with Crippen LogP contribution in [0.25, 0.3) is 0 Å². The molecule has 0 aliphatic heterocycles. The molecule has 0 saturated heterocycles. The summed E-state index contributed by atoms with van der Waals surface area (Å²) in [7, 11) is 0. The van der Waals surface area contributed by atoms with Crippen LogP contribution >= 0.6 is 15.9 Å². The Bertz CT molecular complexity index is 129. The van der Waals surface area contributed by atoms with E-state index in [4.69, 9.17) is 0 Å². The molecule has 0 amide bonds. The molecule has 52 valence electrons. The number of carboxylic acids is 1. The Hall–Kier alpha value is -0.310. The summed E-state index contributed by atoms with van der Waals surface area (Å²) in [6, 6.07) is 0. The van der Waals surface area contributed by atoms with Gasteiger partial charge >= 0.3 is 0 Å². The van der Waals surface area contributed by atoms with E-state index in [1.807, 2.05) is 0 Å². The van der Waals surface area contributed by atoms with Gasteiger partial charge in [0.25, 0.3) is 0 Å². The number of carbonyl (C=O) groups is 1. The van der Waals surface area contributed by atoms with Crippen molar-refractivity contribution < 1.29 is 9.90 Å². The second-order valence-corrected chi connectivity index (χ2v) is 3.73. The Morgan fingerprint density at radius 2 is 2.44 bits per heavy atom. The maximum atomic E-state index is 10.2. The van der Waals surface area contributed by atoms with Crippen LogP contribution in [0.5, 0.6) is 0 Å². The quantitative estimate of drug-likeness (QED) is 0.481. The van der Waals surface area contributed by atoms with E-state index in [1.54, 1.807) is 0 Å². The second kappa shape index (κ2) is 3.01. The van der Waals surface area contributed by atoms with E-state index in [9.17, 15) is 9.90 Å². The van der Waals surface area contributed by atoms with Gasteiger partial charge in [-0.25, -0.2) is 0 Å². The van der Waals surface area contributed by atoms with Crippen molar-refractivity contribution in [2.75, 3.05) is 0 Å². The summed E-state index contributed by atoms with van der Waals surface area (Å²) in [5.74, 6) is -1.11. The van der Waals surface area contributed by atoms with Crippen molar-refractivity contribution in [1.29, 1.82) is 0 Å². The smallest absolute Gasteiger partial charge is 0.0657 e. The number of alkyl halides is 1. The minimum absolute atomic E-state index is 0.370. The SMILES string of the molecule is C=CCC(C)(Br)C(=O)[O-]. The number of allylic oxidation sites excluding steroid dienone is 1. The molecule has 0 spiro atoms. The average molecular weight is 192 g/mol. The lowest BCUT2D eigenvalue weighted by molar-refractivity contribution is -0.308. The van der Waals surface area contributed by atoms with Crippen molar-refractivity contribution in [2.45, 2.75) is 17.7 Å². The average Bonchev–Trinajstić information content (AvgIpc) is 1.65. The molecule has 0 aliphatic carbocycles. The summed E-state index contributed by atoms with van der Waals surface area (Å²) in [5, 5.41) is 10.2. The number of hydrogen-bond donors (Lipinski definition) is 0. The van der Waals surface area contributed by atoms with E-state index in [2.05, 4.69) is 22.5 Å². The van der Waals surface area contributed by atoms with E-state index < -0.39 is 10.3 Å². The first-order valence-electron chi connectivity index (χ1n) is 2.52. The van der Waals surface area contributed by atoms with Crippen molar-refractivity contribution in [3.8, 4) is 0 Å². The van der Waals surface area contributed by atoms with Crippen LogP contribution in [0.4, 0.5) is 0 Å². The van der Waals surface area contributed by atoms with Gasteiger partial charge in [0, 0.05) is 0 Å². The first-order valence-corrected chi connectivity index (χ1v) is 3.31. The van der Waals surface area contributed by atoms with Crippen LogP contribution < -0.4 is 5.11 Å². The molecule has 0 fully saturated rings. The summed E-state index contributed by atoms with van der Waals surface area (Å²) in [6.07, 6.45) is 1.90. The number of halogens is 1. The summed E-state index contributed by atoms with van der Waals surface area (Å²) in [6.45, 7) is 4.94. The van der Waals surface area contributed by atoms with Gasteiger partial charge in [-0.1, -0.05) is 22.0 Å². The molecule has 0 aromatic heterocycles. The summed E-state index contributed by atoms with van der Waals surface area (Å²) >= 11 is 2.97. The fraction of sp³-hybridized carbons (Fsp3) is 0.500. The van der Waals surface area contributed by atoms with E-state index in [1.165, 1.54) is 13.0 Å². The first kappa shape index (κ1) is 8.69. The van der Waals surface area contributed by atoms with Crippen molar-refractivity contribution in [3.63, 3.8) is 0 Å². The summed E-state index contributed by atoms with van der Waals surface area (Å²) in [5.41, 5.74) is 0. The third-order valence-corrected chi connectivity index (χ3v) is 1.60. The van der Waals surface area contributed by atoms with Crippen LogP contribution in [0.1, 0.15) is 13.3 Å². The number of aliphatic carboxylic acids is 1. The number of hydrogen-bond acceptors (Lipinski definition) is 2. The van der Waals surface area contributed by atoms with Crippen LogP contribution in [0.15, 0.2) is 12.7 Å². The lowest BCUT2D eigenvalue weighted by Crippen LogP contribution is -2.40. The fourth-order valence-electron chi connectivity index (χ4n) is 0.354. The highest BCUT2D eigenvalue weighted by molar-refractivity contribution is 9.10. The Labute approximate surface area is 62.7 Å². The van der Waals surface area contributed by atoms with E-state index in [-0.39, 0.29) is 0 Å². The van der Waals surface area contributed by atoms with Crippen molar-refractivity contribution in [2.24, 2.45) is 0 Å². The predicted molar refractivity (Wildman–Crippen MR) is 37.2 cm³/mol. The van der Waals surface area contributed by atoms with Gasteiger partial charge in [0.1, 0.15) is 0 Å². The predicted octanol–water partition coefficient (Wildman–Crippen LogP) is 0.466. The Morgan fingerprint density at radius 3 is 2.56 bits per heavy atom. The van der Waals surface area contributed by atoms with E-state index in [0.717, 1.165) is 0 Å². The van der Waals surface area contributed by atoms with Crippen LogP contribution in [0.3, 0.4) is 0 Å². The maximum Gasteiger partial charge on any atom is 0.0657 e. The number of rotatable bonds is 3. The molecule has 0 aromatic carbocycles. The van der Waals surface area contributed by atoms with Crippen LogP contribution in [0.2, 0.25) is 0 Å². The second-order valence-electron chi connectivity index (χ2n) is 1.98. The fourth-order valence-corrected chi connectivity index (χ4v) is 0.583. The zero-order valence-electron chi connectivity index (χ0n) is 5.19. The van der Waals surface area contributed by atoms with Gasteiger partial charge in [0.2, 0.25) is 0 Å². The standard InChI is InChI=1S/C6H9BrO2/c1-3-4-6(2,7)5(8)9/h3H,1,4H2,2H3,(H,8,9)/p-1. The molecular weight excluding hydrogens is 184 g/mol. The van der Waals surface area contributed by atoms with Gasteiger partial charge in [-0.05, 0) is 13.3 Å². The topological polar surface area (TPSA) is 40.1 Å². The van der Waals surface area contributed by atoms with Gasteiger partial charge in [-0.2, -0.15) is 0 Å². The maximum absolute atomic E-state index is 10.2. The van der Waals surface area contributed by atoms with Crippen LogP contribution in [-0.4, -0.2) is 10.3 Å². The van der Waals surface area contributed by atoms with Crippen molar-refractivity contribution in [3.05, 3.63) is 12.7 Å². The highest BCUT2D eigenvalue weighted by Gasteiger charge is 2.18. The van der Waals surface area contributed by atoms with Gasteiger partial charge < -0.3 is 9.90 Å². The third-order valence-electron chi connectivity index (χ3n) is 0.953. The van der Waals surface area contributed by atoms with Crippen molar-refractivity contribution in [1.82, 2.24) is 0 Å². The lowest BCUT2D eigenvalue weighted by Gasteiger charge is -2.20. The summed E-state index contributed by atoms with van der Waals surface area (Å²) < 4.78 is -0.950. The van der Waals surface area contributed by atoms with Gasteiger partial charge in [-0.15, -0.1) is 6.58 Å². The number of carboxylic acid groups (broad SMARTS) is 1. The van der Waals surface area contributed by atoms with E-state index >= 15 is 0 Å². The van der Waals surface area contributed by atoms with E-state index in [0.29, 0.717) is 6.42 Å². The molecule has 0 saturated carbocycles. The molecule has 0 radical (unpaired) electrons. The normalized spacial score (nSPS) is 16.2. The zero-order chi connectivity index (χ0) is 7.49. The molecule has 0 bridgehead atoms. The molecule has 0 N–H and O–H groups in total. The van der Waals surface area contributed by atoms with Crippen LogP contribution in [-0.2, 0) is 4.79 Å². The molecule has 0 aromatic rings. The van der Waals surface area contributed by atoms with Gasteiger partial charge in [0.15, 0.2) is 0 Å². The molecule has 0 rings (SSSR count). The molecule has 0 heterocycles.